The molecule has 0 heterocycles. The van der Waals surface area contributed by atoms with Gasteiger partial charge in [-0.1, -0.05) is 6.92 Å². The molecule has 1 radical (unpaired) electrons. The molecule has 0 saturated carbocycles. The Morgan fingerprint density at radius 1 is 1.60 bits per heavy atom. The average molecular weight is 199 g/mol. The van der Waals surface area contributed by atoms with Crippen LogP contribution in [0.15, 0.2) is 0 Å². The summed E-state index contributed by atoms with van der Waals surface area (Å²) in [6, 6.07) is 0. The van der Waals surface area contributed by atoms with Crippen molar-refractivity contribution >= 4 is 0 Å². The molecule has 0 aromatic rings. The smallest absolute Gasteiger partial charge is 0.0428 e. The predicted octanol–water partition coefficient (Wildman–Crippen LogP) is 0.389. The summed E-state index contributed by atoms with van der Waals surface area (Å²) < 4.78 is 0. The number of aliphatic hydroxyl groups excluding tert-OH is 1. The Hall–Kier alpha value is 1.15. The van der Waals surface area contributed by atoms with Gasteiger partial charge in [0.05, 0.1) is 0 Å². The van der Waals surface area contributed by atoms with Gasteiger partial charge in [-0.05, 0) is 6.42 Å². The molecule has 2 heteroatoms. The molecule has 29 valence electrons. The Labute approximate surface area is 60.4 Å². The van der Waals surface area contributed by atoms with E-state index in [0.29, 0.717) is 6.61 Å². The van der Waals surface area contributed by atoms with Gasteiger partial charge >= 0.3 is 0 Å². The van der Waals surface area contributed by atoms with Crippen LogP contribution in [-0.4, -0.2) is 11.7 Å². The Bertz CT molecular complexity index is 8.85. The van der Waals surface area contributed by atoms with Crippen LogP contribution in [0.4, 0.5) is 0 Å². The van der Waals surface area contributed by atoms with Crippen molar-refractivity contribution < 1.29 is 40.7 Å². The van der Waals surface area contributed by atoms with Crippen LogP contribution in [0.2, 0.25) is 0 Å². The normalized spacial score (nSPS) is 6.00. The first-order valence-corrected chi connectivity index (χ1v) is 1.52. The van der Waals surface area contributed by atoms with Crippen LogP contribution < -0.4 is 0 Å². The van der Waals surface area contributed by atoms with E-state index in [-0.39, 0.29) is 35.6 Å². The summed E-state index contributed by atoms with van der Waals surface area (Å²) in [5.41, 5.74) is 0. The number of hydrogen-bond donors (Lipinski definition) is 1. The van der Waals surface area contributed by atoms with E-state index in [1.165, 1.54) is 0 Å². The second-order valence-electron chi connectivity index (χ2n) is 0.724. The number of rotatable bonds is 1. The fourth-order valence-corrected chi connectivity index (χ4v) is 0. The van der Waals surface area contributed by atoms with Crippen LogP contribution in [-0.2, 0) is 0 Å². The first-order valence-electron chi connectivity index (χ1n) is 1.52. The summed E-state index contributed by atoms with van der Waals surface area (Å²) in [5.74, 6) is 0. The standard InChI is InChI=1S/C3H8O.La/c1-2-3-4;/h4H,2-3H2,1H3;. The molecule has 0 atom stereocenters. The molecule has 0 unspecified atom stereocenters. The SMILES string of the molecule is CCCO.[La]. The molecule has 0 fully saturated rings. The zero-order valence-electron chi connectivity index (χ0n) is 3.44. The van der Waals surface area contributed by atoms with E-state index in [2.05, 4.69) is 0 Å². The fraction of sp³-hybridized carbons (Fsp3) is 1.00. The summed E-state index contributed by atoms with van der Waals surface area (Å²) in [6.45, 7) is 2.25. The molecule has 0 rings (SSSR count). The van der Waals surface area contributed by atoms with E-state index in [0.717, 1.165) is 6.42 Å². The van der Waals surface area contributed by atoms with Gasteiger partial charge in [-0.15, -0.1) is 0 Å². The third-order valence-electron chi connectivity index (χ3n) is 0.224. The van der Waals surface area contributed by atoms with Crippen LogP contribution in [0.25, 0.3) is 0 Å². The van der Waals surface area contributed by atoms with E-state index in [1.807, 2.05) is 6.92 Å². The first-order chi connectivity index (χ1) is 1.91. The molecule has 5 heavy (non-hydrogen) atoms. The van der Waals surface area contributed by atoms with Gasteiger partial charge in [-0.3, -0.25) is 0 Å². The molecular weight excluding hydrogens is 191 g/mol. The van der Waals surface area contributed by atoms with Crippen molar-refractivity contribution in [2.45, 2.75) is 13.3 Å². The second-order valence-corrected chi connectivity index (χ2v) is 0.724. The van der Waals surface area contributed by atoms with Gasteiger partial charge in [0.2, 0.25) is 0 Å². The summed E-state index contributed by atoms with van der Waals surface area (Å²) in [7, 11) is 0. The van der Waals surface area contributed by atoms with Gasteiger partial charge in [0.1, 0.15) is 0 Å². The van der Waals surface area contributed by atoms with Crippen LogP contribution in [0, 0.1) is 35.6 Å². The van der Waals surface area contributed by atoms with Crippen LogP contribution >= 0.6 is 0 Å². The number of hydrogen-bond acceptors (Lipinski definition) is 1. The van der Waals surface area contributed by atoms with E-state index in [4.69, 9.17) is 5.11 Å². The quantitative estimate of drug-likeness (QED) is 0.647. The Morgan fingerprint density at radius 2 is 1.80 bits per heavy atom. The molecule has 0 aliphatic carbocycles. The summed E-state index contributed by atoms with van der Waals surface area (Å²) in [5, 5.41) is 7.88. The van der Waals surface area contributed by atoms with Gasteiger partial charge in [-0.25, -0.2) is 0 Å². The molecule has 0 amide bonds. The zero-order valence-corrected chi connectivity index (χ0v) is 7.06. The van der Waals surface area contributed by atoms with Crippen molar-refractivity contribution in [3.8, 4) is 0 Å². The van der Waals surface area contributed by atoms with Gasteiger partial charge in [-0.2, -0.15) is 0 Å². The topological polar surface area (TPSA) is 20.2 Å². The maximum Gasteiger partial charge on any atom is 0.0428 e. The van der Waals surface area contributed by atoms with Crippen LogP contribution in [0.5, 0.6) is 0 Å². The number of aliphatic hydroxyl groups is 1. The van der Waals surface area contributed by atoms with Crippen molar-refractivity contribution in [2.24, 2.45) is 0 Å². The molecule has 0 aromatic carbocycles. The summed E-state index contributed by atoms with van der Waals surface area (Å²) in [6.07, 6.45) is 0.875. The van der Waals surface area contributed by atoms with Gasteiger partial charge in [0.25, 0.3) is 0 Å². The molecule has 0 bridgehead atoms. The van der Waals surface area contributed by atoms with Crippen molar-refractivity contribution in [3.05, 3.63) is 0 Å². The van der Waals surface area contributed by atoms with Crippen LogP contribution in [0.3, 0.4) is 0 Å². The van der Waals surface area contributed by atoms with Crippen molar-refractivity contribution in [1.82, 2.24) is 0 Å². The average Bonchev–Trinajstić information content (AvgIpc) is 1.37. The third kappa shape index (κ3) is 11.0. The maximum absolute atomic E-state index is 7.88. The molecule has 1 nitrogen and oxygen atoms in total. The van der Waals surface area contributed by atoms with E-state index >= 15 is 0 Å². The molecule has 1 N–H and O–H groups in total. The molecule has 0 saturated heterocycles. The minimum absolute atomic E-state index is 0. The van der Waals surface area contributed by atoms with Crippen molar-refractivity contribution in [3.63, 3.8) is 0 Å². The molecule has 0 aliphatic heterocycles. The minimum Gasteiger partial charge on any atom is -0.396 e. The monoisotopic (exact) mass is 199 g/mol. The Morgan fingerprint density at radius 3 is 1.80 bits per heavy atom. The van der Waals surface area contributed by atoms with E-state index in [1.54, 1.807) is 0 Å². The zero-order chi connectivity index (χ0) is 3.41. The van der Waals surface area contributed by atoms with Gasteiger partial charge in [0.15, 0.2) is 0 Å². The summed E-state index contributed by atoms with van der Waals surface area (Å²) in [4.78, 5) is 0. The van der Waals surface area contributed by atoms with Gasteiger partial charge in [0, 0.05) is 42.2 Å². The van der Waals surface area contributed by atoms with Crippen molar-refractivity contribution in [2.75, 3.05) is 6.61 Å². The van der Waals surface area contributed by atoms with Crippen molar-refractivity contribution in [1.29, 1.82) is 0 Å². The van der Waals surface area contributed by atoms with Crippen LogP contribution in [0.1, 0.15) is 13.3 Å². The summed E-state index contributed by atoms with van der Waals surface area (Å²) >= 11 is 0. The van der Waals surface area contributed by atoms with E-state index in [9.17, 15) is 0 Å². The molecular formula is C3H8LaO. The molecule has 0 aliphatic rings. The molecule has 0 aromatic heterocycles. The Kier molecular flexibility index (Phi) is 16.9. The fourth-order valence-electron chi connectivity index (χ4n) is 0. The van der Waals surface area contributed by atoms with Gasteiger partial charge < -0.3 is 5.11 Å². The predicted molar refractivity (Wildman–Crippen MR) is 17.4 cm³/mol. The second kappa shape index (κ2) is 8.94. The molecule has 0 spiro atoms. The largest absolute Gasteiger partial charge is 0.396 e. The first kappa shape index (κ1) is 9.47. The third-order valence-corrected chi connectivity index (χ3v) is 0.224. The Balaban J connectivity index is 0. The minimum atomic E-state index is 0. The van der Waals surface area contributed by atoms with E-state index < -0.39 is 0 Å². The maximum atomic E-state index is 7.88.